The maximum absolute atomic E-state index is 12.6. The summed E-state index contributed by atoms with van der Waals surface area (Å²) in [4.78, 5) is 11.3. The molecule has 0 saturated heterocycles. The summed E-state index contributed by atoms with van der Waals surface area (Å²) < 4.78 is 36.4. The molecule has 1 rings (SSSR count). The summed E-state index contributed by atoms with van der Waals surface area (Å²) in [5.41, 5.74) is 0. The van der Waals surface area contributed by atoms with Gasteiger partial charge in [-0.15, -0.1) is 0 Å². The molecule has 1 aromatic rings. The molecule has 0 heterocycles. The fourth-order valence-electron chi connectivity index (χ4n) is 1.29. The highest BCUT2D eigenvalue weighted by Crippen LogP contribution is 2.17. The molecule has 0 aromatic heterocycles. The van der Waals surface area contributed by atoms with Crippen molar-refractivity contribution >= 4 is 15.6 Å². The van der Waals surface area contributed by atoms with Crippen molar-refractivity contribution in [3.63, 3.8) is 0 Å². The number of hydrogen-bond acceptors (Lipinski definition) is 3. The van der Waals surface area contributed by atoms with E-state index in [4.69, 9.17) is 0 Å². The summed E-state index contributed by atoms with van der Waals surface area (Å²) in [6.07, 6.45) is 0.168. The molecule has 0 fully saturated rings. The number of benzene rings is 1. The molecule has 0 spiro atoms. The minimum atomic E-state index is -3.68. The van der Waals surface area contributed by atoms with Gasteiger partial charge in [-0.2, -0.15) is 0 Å². The minimum absolute atomic E-state index is 0.0248. The Morgan fingerprint density at radius 3 is 2.25 bits per heavy atom. The molecule has 88 valence electrons. The van der Waals surface area contributed by atoms with Crippen LogP contribution in [0.15, 0.2) is 29.2 Å². The molecule has 1 aromatic carbocycles. The number of carbonyl (C=O) groups excluding carboxylic acids is 1. The Hall–Kier alpha value is -1.23. The van der Waals surface area contributed by atoms with Gasteiger partial charge >= 0.3 is 0 Å². The Bertz CT molecular complexity index is 476. The summed E-state index contributed by atoms with van der Waals surface area (Å²) >= 11 is 0. The van der Waals surface area contributed by atoms with Crippen molar-refractivity contribution in [3.8, 4) is 0 Å². The quantitative estimate of drug-likeness (QED) is 0.761. The predicted molar refractivity (Wildman–Crippen MR) is 58.3 cm³/mol. The smallest absolute Gasteiger partial charge is 0.188 e. The average molecular weight is 244 g/mol. The van der Waals surface area contributed by atoms with E-state index in [0.29, 0.717) is 0 Å². The third kappa shape index (κ3) is 2.47. The molecule has 16 heavy (non-hydrogen) atoms. The molecule has 3 nitrogen and oxygen atoms in total. The second-order valence-corrected chi connectivity index (χ2v) is 5.73. The van der Waals surface area contributed by atoms with Crippen LogP contribution in [-0.2, 0) is 14.6 Å². The van der Waals surface area contributed by atoms with Gasteiger partial charge in [-0.25, -0.2) is 12.8 Å². The fourth-order valence-corrected chi connectivity index (χ4v) is 2.73. The lowest BCUT2D eigenvalue weighted by Gasteiger charge is -2.10. The first-order valence-electron chi connectivity index (χ1n) is 4.91. The second kappa shape index (κ2) is 4.74. The zero-order valence-corrected chi connectivity index (χ0v) is 9.92. The van der Waals surface area contributed by atoms with Crippen molar-refractivity contribution in [2.45, 2.75) is 30.4 Å². The highest BCUT2D eigenvalue weighted by molar-refractivity contribution is 7.92. The number of sulfone groups is 1. The van der Waals surface area contributed by atoms with Gasteiger partial charge in [0.15, 0.2) is 15.6 Å². The zero-order valence-electron chi connectivity index (χ0n) is 9.10. The molecule has 0 aliphatic rings. The monoisotopic (exact) mass is 244 g/mol. The molecule has 1 atom stereocenters. The Morgan fingerprint density at radius 1 is 1.31 bits per heavy atom. The molecule has 1 unspecified atom stereocenters. The number of halogens is 1. The molecule has 0 aliphatic heterocycles. The molecule has 0 radical (unpaired) electrons. The molecule has 0 amide bonds. The fraction of sp³-hybridized carbons (Fsp3) is 0.364. The number of ketones is 1. The van der Waals surface area contributed by atoms with Gasteiger partial charge in [-0.05, 0) is 31.2 Å². The lowest BCUT2D eigenvalue weighted by Crippen LogP contribution is -2.26. The van der Waals surface area contributed by atoms with Crippen LogP contribution >= 0.6 is 0 Å². The summed E-state index contributed by atoms with van der Waals surface area (Å²) in [6, 6.07) is 4.47. The molecular formula is C11H13FO3S. The van der Waals surface area contributed by atoms with Crippen LogP contribution in [0.1, 0.15) is 20.3 Å². The number of Topliss-reactive ketones (excluding diaryl/α,β-unsaturated/α-hetero) is 1. The van der Waals surface area contributed by atoms with Gasteiger partial charge in [0, 0.05) is 6.42 Å². The minimum Gasteiger partial charge on any atom is -0.298 e. The van der Waals surface area contributed by atoms with Crippen molar-refractivity contribution in [2.24, 2.45) is 0 Å². The summed E-state index contributed by atoms with van der Waals surface area (Å²) in [7, 11) is -3.68. The van der Waals surface area contributed by atoms with Crippen molar-refractivity contribution in [1.29, 1.82) is 0 Å². The maximum Gasteiger partial charge on any atom is 0.188 e. The SMILES string of the molecule is CCC(=O)C(C)S(=O)(=O)c1ccc(F)cc1. The predicted octanol–water partition coefficient (Wildman–Crippen LogP) is 1.97. The van der Waals surface area contributed by atoms with E-state index in [1.165, 1.54) is 19.1 Å². The van der Waals surface area contributed by atoms with Gasteiger partial charge in [0.05, 0.1) is 4.90 Å². The van der Waals surface area contributed by atoms with E-state index in [-0.39, 0.29) is 17.1 Å². The summed E-state index contributed by atoms with van der Waals surface area (Å²) in [5, 5.41) is -1.08. The van der Waals surface area contributed by atoms with E-state index in [9.17, 15) is 17.6 Å². The molecule has 0 saturated carbocycles. The molecule has 5 heteroatoms. The lowest BCUT2D eigenvalue weighted by molar-refractivity contribution is -0.118. The Labute approximate surface area is 94.2 Å². The van der Waals surface area contributed by atoms with Gasteiger partial charge < -0.3 is 0 Å². The van der Waals surface area contributed by atoms with Crippen LogP contribution in [-0.4, -0.2) is 19.5 Å². The van der Waals surface area contributed by atoms with Crippen LogP contribution < -0.4 is 0 Å². The molecule has 0 aliphatic carbocycles. The standard InChI is InChI=1S/C11H13FO3S/c1-3-11(13)8(2)16(14,15)10-6-4-9(12)5-7-10/h4-8H,3H2,1-2H3. The van der Waals surface area contributed by atoms with Gasteiger partial charge in [0.1, 0.15) is 11.1 Å². The van der Waals surface area contributed by atoms with Crippen LogP contribution in [0, 0.1) is 5.82 Å². The maximum atomic E-state index is 12.6. The number of hydrogen-bond donors (Lipinski definition) is 0. The largest absolute Gasteiger partial charge is 0.298 e. The third-order valence-electron chi connectivity index (χ3n) is 2.41. The number of carbonyl (C=O) groups is 1. The first kappa shape index (κ1) is 12.8. The van der Waals surface area contributed by atoms with E-state index in [0.717, 1.165) is 12.1 Å². The van der Waals surface area contributed by atoms with E-state index in [2.05, 4.69) is 0 Å². The highest BCUT2D eigenvalue weighted by atomic mass is 32.2. The lowest BCUT2D eigenvalue weighted by atomic mass is 10.2. The van der Waals surface area contributed by atoms with Gasteiger partial charge in [-0.1, -0.05) is 6.92 Å². The van der Waals surface area contributed by atoms with Crippen molar-refractivity contribution in [1.82, 2.24) is 0 Å². The van der Waals surface area contributed by atoms with Crippen molar-refractivity contribution in [3.05, 3.63) is 30.1 Å². The molecular weight excluding hydrogens is 231 g/mol. The zero-order chi connectivity index (χ0) is 12.3. The summed E-state index contributed by atoms with van der Waals surface area (Å²) in [5.74, 6) is -0.849. The van der Waals surface area contributed by atoms with E-state index in [1.54, 1.807) is 6.92 Å². The molecule has 0 bridgehead atoms. The Kier molecular flexibility index (Phi) is 3.80. The Morgan fingerprint density at radius 2 is 1.81 bits per heavy atom. The molecule has 0 N–H and O–H groups in total. The van der Waals surface area contributed by atoms with Crippen LogP contribution in [0.4, 0.5) is 4.39 Å². The van der Waals surface area contributed by atoms with E-state index >= 15 is 0 Å². The Balaban J connectivity index is 3.12. The topological polar surface area (TPSA) is 51.2 Å². The van der Waals surface area contributed by atoms with Gasteiger partial charge in [-0.3, -0.25) is 4.79 Å². The first-order valence-corrected chi connectivity index (χ1v) is 6.46. The first-order chi connectivity index (χ1) is 7.39. The summed E-state index contributed by atoms with van der Waals surface area (Å²) in [6.45, 7) is 2.96. The van der Waals surface area contributed by atoms with Crippen LogP contribution in [0.2, 0.25) is 0 Å². The second-order valence-electron chi connectivity index (χ2n) is 3.46. The van der Waals surface area contributed by atoms with Gasteiger partial charge in [0.2, 0.25) is 0 Å². The van der Waals surface area contributed by atoms with Crippen LogP contribution in [0.3, 0.4) is 0 Å². The third-order valence-corrected chi connectivity index (χ3v) is 4.53. The number of rotatable bonds is 4. The van der Waals surface area contributed by atoms with Crippen molar-refractivity contribution < 1.29 is 17.6 Å². The normalized spacial score (nSPS) is 13.4. The average Bonchev–Trinajstić information content (AvgIpc) is 2.27. The van der Waals surface area contributed by atoms with E-state index in [1.807, 2.05) is 0 Å². The van der Waals surface area contributed by atoms with E-state index < -0.39 is 20.9 Å². The van der Waals surface area contributed by atoms with Gasteiger partial charge in [0.25, 0.3) is 0 Å². The van der Waals surface area contributed by atoms with Crippen LogP contribution in [0.5, 0.6) is 0 Å². The highest BCUT2D eigenvalue weighted by Gasteiger charge is 2.28. The van der Waals surface area contributed by atoms with Crippen LogP contribution in [0.25, 0.3) is 0 Å². The van der Waals surface area contributed by atoms with Crippen molar-refractivity contribution in [2.75, 3.05) is 0 Å².